The fourth-order valence-corrected chi connectivity index (χ4v) is 2.61. The third-order valence-corrected chi connectivity index (χ3v) is 3.84. The molecule has 0 spiro atoms. The number of hydrogen-bond acceptors (Lipinski definition) is 3. The highest BCUT2D eigenvalue weighted by Gasteiger charge is 2.03. The van der Waals surface area contributed by atoms with E-state index < -0.39 is 0 Å². The highest BCUT2D eigenvalue weighted by atomic mass is 79.9. The van der Waals surface area contributed by atoms with E-state index >= 15 is 0 Å². The first kappa shape index (κ1) is 14.0. The summed E-state index contributed by atoms with van der Waals surface area (Å²) in [5.74, 6) is 0.844. The van der Waals surface area contributed by atoms with Crippen LogP contribution in [0.15, 0.2) is 59.2 Å². The first-order valence-electron chi connectivity index (χ1n) is 6.71. The van der Waals surface area contributed by atoms with E-state index in [9.17, 15) is 0 Å². The Morgan fingerprint density at radius 2 is 1.86 bits per heavy atom. The molecule has 4 heteroatoms. The maximum Gasteiger partial charge on any atom is 0.120 e. The predicted octanol–water partition coefficient (Wildman–Crippen LogP) is 4.04. The lowest BCUT2D eigenvalue weighted by atomic mass is 10.1. The van der Waals surface area contributed by atoms with Crippen molar-refractivity contribution < 1.29 is 4.74 Å². The van der Waals surface area contributed by atoms with Crippen LogP contribution in [0.1, 0.15) is 11.3 Å². The number of nitrogens with zero attached hydrogens (tertiary/aromatic N) is 1. The van der Waals surface area contributed by atoms with E-state index in [0.29, 0.717) is 13.2 Å². The summed E-state index contributed by atoms with van der Waals surface area (Å²) < 4.78 is 6.94. The molecule has 0 saturated heterocycles. The van der Waals surface area contributed by atoms with Crippen molar-refractivity contribution in [2.75, 3.05) is 0 Å². The second kappa shape index (κ2) is 6.24. The number of aromatic nitrogens is 1. The molecular formula is C17H15BrN2O. The third-order valence-electron chi connectivity index (χ3n) is 3.35. The van der Waals surface area contributed by atoms with E-state index in [1.165, 1.54) is 5.39 Å². The second-order valence-electron chi connectivity index (χ2n) is 4.76. The Morgan fingerprint density at radius 3 is 2.71 bits per heavy atom. The maximum absolute atomic E-state index is 5.87. The smallest absolute Gasteiger partial charge is 0.120 e. The van der Waals surface area contributed by atoms with Crippen molar-refractivity contribution in [1.82, 2.24) is 4.98 Å². The monoisotopic (exact) mass is 342 g/mol. The topological polar surface area (TPSA) is 48.1 Å². The Balaban J connectivity index is 1.80. The summed E-state index contributed by atoms with van der Waals surface area (Å²) in [5.41, 5.74) is 7.59. The lowest BCUT2D eigenvalue weighted by Gasteiger charge is -2.10. The van der Waals surface area contributed by atoms with Crippen LogP contribution < -0.4 is 10.5 Å². The first-order valence-corrected chi connectivity index (χ1v) is 7.50. The molecule has 21 heavy (non-hydrogen) atoms. The van der Waals surface area contributed by atoms with Crippen LogP contribution in [-0.4, -0.2) is 4.98 Å². The van der Waals surface area contributed by atoms with Gasteiger partial charge in [-0.2, -0.15) is 0 Å². The number of pyridine rings is 1. The van der Waals surface area contributed by atoms with Gasteiger partial charge in [-0.05, 0) is 41.1 Å². The van der Waals surface area contributed by atoms with E-state index in [1.807, 2.05) is 30.3 Å². The van der Waals surface area contributed by atoms with E-state index in [4.69, 9.17) is 10.5 Å². The van der Waals surface area contributed by atoms with Gasteiger partial charge >= 0.3 is 0 Å². The van der Waals surface area contributed by atoms with Gasteiger partial charge < -0.3 is 10.5 Å². The maximum atomic E-state index is 5.87. The summed E-state index contributed by atoms with van der Waals surface area (Å²) in [6.07, 6.45) is 1.75. The molecular weight excluding hydrogens is 328 g/mol. The number of ether oxygens (including phenoxy) is 1. The van der Waals surface area contributed by atoms with Crippen LogP contribution in [-0.2, 0) is 13.2 Å². The first-order chi connectivity index (χ1) is 10.3. The number of rotatable bonds is 4. The summed E-state index contributed by atoms with van der Waals surface area (Å²) in [4.78, 5) is 4.26. The molecule has 0 radical (unpaired) electrons. The molecule has 0 bridgehead atoms. The van der Waals surface area contributed by atoms with Crippen molar-refractivity contribution in [3.8, 4) is 5.75 Å². The molecule has 2 N–H and O–H groups in total. The largest absolute Gasteiger partial charge is 0.489 e. The molecule has 0 unspecified atom stereocenters. The van der Waals surface area contributed by atoms with Crippen LogP contribution in [0.4, 0.5) is 0 Å². The van der Waals surface area contributed by atoms with Crippen LogP contribution in [0.5, 0.6) is 5.75 Å². The summed E-state index contributed by atoms with van der Waals surface area (Å²) >= 11 is 3.48. The molecule has 2 aromatic carbocycles. The molecule has 3 rings (SSSR count). The standard InChI is InChI=1S/C17H15BrN2O/c18-15-5-3-13-9-16(6-4-12(13)8-15)21-11-14-2-1-7-20-17(14)10-19/h1-9H,10-11,19H2. The highest BCUT2D eigenvalue weighted by Crippen LogP contribution is 2.24. The number of nitrogens with two attached hydrogens (primary N) is 1. The Hall–Kier alpha value is -1.91. The van der Waals surface area contributed by atoms with Gasteiger partial charge in [-0.25, -0.2) is 0 Å². The minimum atomic E-state index is 0.422. The number of fused-ring (bicyclic) bond motifs is 1. The third kappa shape index (κ3) is 3.23. The Labute approximate surface area is 131 Å². The van der Waals surface area contributed by atoms with Crippen molar-refractivity contribution in [2.45, 2.75) is 13.2 Å². The van der Waals surface area contributed by atoms with Crippen LogP contribution in [0, 0.1) is 0 Å². The number of benzene rings is 2. The molecule has 0 amide bonds. The summed E-state index contributed by atoms with van der Waals surface area (Å²) in [6, 6.07) is 16.2. The number of halogens is 1. The molecule has 0 aliphatic rings. The lowest BCUT2D eigenvalue weighted by Crippen LogP contribution is -2.06. The quantitative estimate of drug-likeness (QED) is 0.778. The normalized spacial score (nSPS) is 10.8. The fourth-order valence-electron chi connectivity index (χ4n) is 2.23. The highest BCUT2D eigenvalue weighted by molar-refractivity contribution is 9.10. The zero-order valence-corrected chi connectivity index (χ0v) is 13.0. The van der Waals surface area contributed by atoms with E-state index in [-0.39, 0.29) is 0 Å². The van der Waals surface area contributed by atoms with Gasteiger partial charge in [0.25, 0.3) is 0 Å². The zero-order valence-electron chi connectivity index (χ0n) is 11.4. The molecule has 0 atom stereocenters. The van der Waals surface area contributed by atoms with Crippen molar-refractivity contribution in [2.24, 2.45) is 5.73 Å². The molecule has 3 aromatic rings. The van der Waals surface area contributed by atoms with E-state index in [2.05, 4.69) is 39.1 Å². The fraction of sp³-hybridized carbons (Fsp3) is 0.118. The van der Waals surface area contributed by atoms with Gasteiger partial charge in [0.15, 0.2) is 0 Å². The van der Waals surface area contributed by atoms with Crippen molar-refractivity contribution >= 4 is 26.7 Å². The minimum Gasteiger partial charge on any atom is -0.489 e. The molecule has 0 aliphatic heterocycles. The zero-order chi connectivity index (χ0) is 14.7. The summed E-state index contributed by atoms with van der Waals surface area (Å²) in [7, 11) is 0. The van der Waals surface area contributed by atoms with E-state index in [0.717, 1.165) is 26.9 Å². The summed E-state index contributed by atoms with van der Waals surface area (Å²) in [5, 5.41) is 2.33. The molecule has 0 aliphatic carbocycles. The Bertz CT molecular complexity index is 774. The van der Waals surface area contributed by atoms with Crippen LogP contribution >= 0.6 is 15.9 Å². The van der Waals surface area contributed by atoms with Crippen LogP contribution in [0.3, 0.4) is 0 Å². The van der Waals surface area contributed by atoms with Gasteiger partial charge in [-0.15, -0.1) is 0 Å². The van der Waals surface area contributed by atoms with Crippen LogP contribution in [0.25, 0.3) is 10.8 Å². The molecule has 0 saturated carbocycles. The Kier molecular flexibility index (Phi) is 4.18. The Morgan fingerprint density at radius 1 is 1.05 bits per heavy atom. The minimum absolute atomic E-state index is 0.422. The van der Waals surface area contributed by atoms with Gasteiger partial charge in [0.05, 0.1) is 5.69 Å². The van der Waals surface area contributed by atoms with Gasteiger partial charge in [0.2, 0.25) is 0 Å². The average molecular weight is 343 g/mol. The van der Waals surface area contributed by atoms with E-state index in [1.54, 1.807) is 6.20 Å². The molecule has 1 heterocycles. The SMILES string of the molecule is NCc1ncccc1COc1ccc2cc(Br)ccc2c1. The average Bonchev–Trinajstić information content (AvgIpc) is 2.53. The van der Waals surface area contributed by atoms with Crippen molar-refractivity contribution in [3.05, 3.63) is 70.5 Å². The van der Waals surface area contributed by atoms with Gasteiger partial charge in [-0.1, -0.05) is 34.1 Å². The summed E-state index contributed by atoms with van der Waals surface area (Å²) in [6.45, 7) is 0.897. The number of hydrogen-bond donors (Lipinski definition) is 1. The molecule has 1 aromatic heterocycles. The molecule has 106 valence electrons. The van der Waals surface area contributed by atoms with Crippen molar-refractivity contribution in [1.29, 1.82) is 0 Å². The van der Waals surface area contributed by atoms with Gasteiger partial charge in [0.1, 0.15) is 12.4 Å². The predicted molar refractivity (Wildman–Crippen MR) is 88.1 cm³/mol. The molecule has 0 fully saturated rings. The lowest BCUT2D eigenvalue weighted by molar-refractivity contribution is 0.305. The van der Waals surface area contributed by atoms with Gasteiger partial charge in [-0.3, -0.25) is 4.98 Å². The van der Waals surface area contributed by atoms with Gasteiger partial charge in [0, 0.05) is 22.8 Å². The van der Waals surface area contributed by atoms with Crippen molar-refractivity contribution in [3.63, 3.8) is 0 Å². The second-order valence-corrected chi connectivity index (χ2v) is 5.67. The molecule has 3 nitrogen and oxygen atoms in total. The van der Waals surface area contributed by atoms with Crippen LogP contribution in [0.2, 0.25) is 0 Å².